The molecule has 0 radical (unpaired) electrons. The van der Waals surface area contributed by atoms with Crippen molar-refractivity contribution in [2.24, 2.45) is 11.7 Å². The van der Waals surface area contributed by atoms with E-state index in [1.165, 1.54) is 5.56 Å². The van der Waals surface area contributed by atoms with Crippen molar-refractivity contribution >= 4 is 30.7 Å². The number of nitrogens with zero attached hydrogens (tertiary/aromatic N) is 2. The summed E-state index contributed by atoms with van der Waals surface area (Å²) in [6.07, 6.45) is 1.53. The van der Waals surface area contributed by atoms with Crippen LogP contribution in [0.4, 0.5) is 0 Å². The summed E-state index contributed by atoms with van der Waals surface area (Å²) in [5.74, 6) is 0.709. The van der Waals surface area contributed by atoms with E-state index in [2.05, 4.69) is 42.2 Å². The Hall–Kier alpha value is -1.59. The first-order valence-electron chi connectivity index (χ1n) is 10.00. The maximum Gasteiger partial charge on any atom is 0.224 e. The molecule has 1 amide bonds. The second-order valence-corrected chi connectivity index (χ2v) is 7.53. The van der Waals surface area contributed by atoms with Gasteiger partial charge in [0.25, 0.3) is 0 Å². The van der Waals surface area contributed by atoms with E-state index in [0.29, 0.717) is 12.3 Å². The number of carbonyl (C=O) groups excluding carboxylic acids is 1. The van der Waals surface area contributed by atoms with Gasteiger partial charge >= 0.3 is 0 Å². The molecule has 0 bridgehead atoms. The van der Waals surface area contributed by atoms with Crippen LogP contribution in [0.15, 0.2) is 60.7 Å². The van der Waals surface area contributed by atoms with Crippen LogP contribution in [-0.2, 0) is 11.3 Å². The molecule has 2 N–H and O–H groups in total. The van der Waals surface area contributed by atoms with Crippen molar-refractivity contribution in [2.45, 2.75) is 32.4 Å². The highest BCUT2D eigenvalue weighted by Gasteiger charge is 2.26. The molecule has 3 rings (SSSR count). The SMILES string of the molecule is CCN(CC1CCN(Cc2ccccc2)C1)C(=O)CC(N)c1ccccc1.Cl.Cl. The fourth-order valence-corrected chi connectivity index (χ4v) is 3.90. The van der Waals surface area contributed by atoms with Gasteiger partial charge in [-0.05, 0) is 36.9 Å². The van der Waals surface area contributed by atoms with Gasteiger partial charge in [-0.3, -0.25) is 9.69 Å². The largest absolute Gasteiger partial charge is 0.343 e. The number of hydrogen-bond acceptors (Lipinski definition) is 3. The Morgan fingerprint density at radius 3 is 2.34 bits per heavy atom. The van der Waals surface area contributed by atoms with Gasteiger partial charge in [-0.25, -0.2) is 0 Å². The lowest BCUT2D eigenvalue weighted by atomic mass is 10.0. The quantitative estimate of drug-likeness (QED) is 0.669. The number of hydrogen-bond donors (Lipinski definition) is 1. The fourth-order valence-electron chi connectivity index (χ4n) is 3.90. The molecule has 0 saturated carbocycles. The first kappa shape index (κ1) is 25.4. The van der Waals surface area contributed by atoms with E-state index >= 15 is 0 Å². The van der Waals surface area contributed by atoms with Gasteiger partial charge in [-0.2, -0.15) is 0 Å². The molecule has 160 valence electrons. The summed E-state index contributed by atoms with van der Waals surface area (Å²) in [4.78, 5) is 17.2. The maximum atomic E-state index is 12.8. The van der Waals surface area contributed by atoms with Gasteiger partial charge in [0, 0.05) is 38.6 Å². The number of amides is 1. The lowest BCUT2D eigenvalue weighted by Gasteiger charge is -2.26. The third-order valence-electron chi connectivity index (χ3n) is 5.45. The third-order valence-corrected chi connectivity index (χ3v) is 5.45. The highest BCUT2D eigenvalue weighted by atomic mass is 35.5. The van der Waals surface area contributed by atoms with E-state index in [9.17, 15) is 4.79 Å². The normalized spacial score (nSPS) is 17.1. The molecule has 1 aliphatic rings. The summed E-state index contributed by atoms with van der Waals surface area (Å²) in [6.45, 7) is 6.80. The number of nitrogens with two attached hydrogens (primary N) is 1. The molecule has 2 aromatic rings. The van der Waals surface area contributed by atoms with Gasteiger partial charge in [-0.15, -0.1) is 24.8 Å². The number of rotatable bonds is 8. The lowest BCUT2D eigenvalue weighted by Crippen LogP contribution is -2.37. The predicted molar refractivity (Wildman–Crippen MR) is 125 cm³/mol. The van der Waals surface area contributed by atoms with Gasteiger partial charge in [0.15, 0.2) is 0 Å². The minimum Gasteiger partial charge on any atom is -0.343 e. The zero-order valence-electron chi connectivity index (χ0n) is 17.1. The maximum absolute atomic E-state index is 12.8. The predicted octanol–water partition coefficient (Wildman–Crippen LogP) is 4.29. The molecule has 2 atom stereocenters. The van der Waals surface area contributed by atoms with E-state index in [1.807, 2.05) is 35.2 Å². The van der Waals surface area contributed by atoms with Crippen LogP contribution in [0.1, 0.15) is 36.9 Å². The van der Waals surface area contributed by atoms with Crippen molar-refractivity contribution in [3.63, 3.8) is 0 Å². The second-order valence-electron chi connectivity index (χ2n) is 7.53. The molecule has 4 nitrogen and oxygen atoms in total. The first-order valence-corrected chi connectivity index (χ1v) is 10.00. The molecule has 2 unspecified atom stereocenters. The summed E-state index contributed by atoms with van der Waals surface area (Å²) in [6, 6.07) is 20.3. The Labute approximate surface area is 187 Å². The van der Waals surface area contributed by atoms with E-state index in [0.717, 1.165) is 44.7 Å². The van der Waals surface area contributed by atoms with Crippen LogP contribution in [-0.4, -0.2) is 41.9 Å². The molecule has 0 spiro atoms. The summed E-state index contributed by atoms with van der Waals surface area (Å²) in [5, 5.41) is 0. The summed E-state index contributed by atoms with van der Waals surface area (Å²) < 4.78 is 0. The van der Waals surface area contributed by atoms with Crippen LogP contribution < -0.4 is 5.73 Å². The minimum atomic E-state index is -0.231. The molecule has 29 heavy (non-hydrogen) atoms. The van der Waals surface area contributed by atoms with Crippen molar-refractivity contribution in [2.75, 3.05) is 26.2 Å². The van der Waals surface area contributed by atoms with E-state index in [1.54, 1.807) is 0 Å². The standard InChI is InChI=1S/C23H31N3O.2ClH/c1-2-26(23(27)15-22(24)21-11-7-4-8-12-21)18-20-13-14-25(17-20)16-19-9-5-3-6-10-19;;/h3-12,20,22H,2,13-18,24H2,1H3;2*1H. The molecule has 1 heterocycles. The van der Waals surface area contributed by atoms with E-state index in [-0.39, 0.29) is 36.8 Å². The van der Waals surface area contributed by atoms with Crippen molar-refractivity contribution in [3.8, 4) is 0 Å². The van der Waals surface area contributed by atoms with E-state index < -0.39 is 0 Å². The first-order chi connectivity index (χ1) is 13.2. The Bertz CT molecular complexity index is 715. The van der Waals surface area contributed by atoms with Crippen molar-refractivity contribution < 1.29 is 4.79 Å². The van der Waals surface area contributed by atoms with Crippen LogP contribution in [0.3, 0.4) is 0 Å². The van der Waals surface area contributed by atoms with Crippen molar-refractivity contribution in [1.82, 2.24) is 9.80 Å². The average Bonchev–Trinajstić information content (AvgIpc) is 3.14. The Morgan fingerprint density at radius 1 is 1.10 bits per heavy atom. The fraction of sp³-hybridized carbons (Fsp3) is 0.435. The lowest BCUT2D eigenvalue weighted by molar-refractivity contribution is -0.132. The molecular weight excluding hydrogens is 405 g/mol. The van der Waals surface area contributed by atoms with Gasteiger partial charge in [0.05, 0.1) is 0 Å². The van der Waals surface area contributed by atoms with Gasteiger partial charge in [0.2, 0.25) is 5.91 Å². The molecule has 1 aliphatic heterocycles. The molecule has 0 aliphatic carbocycles. The Morgan fingerprint density at radius 2 is 1.72 bits per heavy atom. The van der Waals surface area contributed by atoms with Gasteiger partial charge < -0.3 is 10.6 Å². The minimum absolute atomic E-state index is 0. The molecular formula is C23H33Cl2N3O. The van der Waals surface area contributed by atoms with Crippen LogP contribution in [0, 0.1) is 5.92 Å². The molecule has 1 saturated heterocycles. The number of halogens is 2. The topological polar surface area (TPSA) is 49.6 Å². The molecule has 2 aromatic carbocycles. The highest BCUT2D eigenvalue weighted by Crippen LogP contribution is 2.21. The smallest absolute Gasteiger partial charge is 0.224 e. The van der Waals surface area contributed by atoms with Gasteiger partial charge in [0.1, 0.15) is 0 Å². The monoisotopic (exact) mass is 437 g/mol. The van der Waals surface area contributed by atoms with Crippen molar-refractivity contribution in [1.29, 1.82) is 0 Å². The zero-order valence-corrected chi connectivity index (χ0v) is 18.7. The average molecular weight is 438 g/mol. The van der Waals surface area contributed by atoms with Crippen LogP contribution >= 0.6 is 24.8 Å². The summed E-state index contributed by atoms with van der Waals surface area (Å²) >= 11 is 0. The van der Waals surface area contributed by atoms with Crippen LogP contribution in [0.25, 0.3) is 0 Å². The second kappa shape index (κ2) is 12.9. The summed E-state index contributed by atoms with van der Waals surface area (Å²) in [5.41, 5.74) is 8.63. The van der Waals surface area contributed by atoms with Crippen LogP contribution in [0.5, 0.6) is 0 Å². The molecule has 1 fully saturated rings. The number of carbonyl (C=O) groups is 1. The van der Waals surface area contributed by atoms with Gasteiger partial charge in [-0.1, -0.05) is 60.7 Å². The summed E-state index contributed by atoms with van der Waals surface area (Å²) in [7, 11) is 0. The number of benzene rings is 2. The Balaban J connectivity index is 0.00000210. The molecule has 0 aromatic heterocycles. The molecule has 6 heteroatoms. The number of likely N-dealkylation sites (tertiary alicyclic amines) is 1. The Kier molecular flexibility index (Phi) is 11.3. The van der Waals surface area contributed by atoms with Crippen LogP contribution in [0.2, 0.25) is 0 Å². The zero-order chi connectivity index (χ0) is 19.1. The van der Waals surface area contributed by atoms with Crippen molar-refractivity contribution in [3.05, 3.63) is 71.8 Å². The highest BCUT2D eigenvalue weighted by molar-refractivity contribution is 5.85. The third kappa shape index (κ3) is 7.63. The van der Waals surface area contributed by atoms with E-state index in [4.69, 9.17) is 5.73 Å².